The van der Waals surface area contributed by atoms with Crippen LogP contribution in [0.15, 0.2) is 0 Å². The Bertz CT molecular complexity index is 295. The van der Waals surface area contributed by atoms with Crippen LogP contribution in [0, 0.1) is 17.8 Å². The predicted molar refractivity (Wildman–Crippen MR) is 92.6 cm³/mol. The van der Waals surface area contributed by atoms with E-state index in [0.29, 0.717) is 11.6 Å². The molecule has 1 N–H and O–H groups in total. The second kappa shape index (κ2) is 7.46. The maximum absolute atomic E-state index is 3.80. The van der Waals surface area contributed by atoms with Crippen LogP contribution in [-0.4, -0.2) is 36.6 Å². The maximum atomic E-state index is 3.80. The maximum Gasteiger partial charge on any atom is 0.0364 e. The number of hydrogen-bond donors (Lipinski definition) is 1. The molecule has 0 aromatic heterocycles. The average molecular weight is 295 g/mol. The molecular formula is C19H38N2. The second-order valence-corrected chi connectivity index (χ2v) is 7.93. The van der Waals surface area contributed by atoms with Crippen molar-refractivity contribution in [2.75, 3.05) is 20.1 Å². The Morgan fingerprint density at radius 1 is 1.00 bits per heavy atom. The molecule has 0 radical (unpaired) electrons. The molecule has 0 spiro atoms. The van der Waals surface area contributed by atoms with Gasteiger partial charge in [0.05, 0.1) is 0 Å². The summed E-state index contributed by atoms with van der Waals surface area (Å²) in [5.74, 6) is 2.68. The molecule has 2 saturated carbocycles. The minimum absolute atomic E-state index is 0.430. The minimum Gasteiger partial charge on any atom is -0.315 e. The summed E-state index contributed by atoms with van der Waals surface area (Å²) >= 11 is 0. The van der Waals surface area contributed by atoms with E-state index in [1.54, 1.807) is 0 Å². The van der Waals surface area contributed by atoms with E-state index in [4.69, 9.17) is 0 Å². The van der Waals surface area contributed by atoms with Gasteiger partial charge >= 0.3 is 0 Å². The summed E-state index contributed by atoms with van der Waals surface area (Å²) in [4.78, 5) is 2.78. The van der Waals surface area contributed by atoms with E-state index < -0.39 is 0 Å². The summed E-state index contributed by atoms with van der Waals surface area (Å²) in [6, 6.07) is 0.685. The Morgan fingerprint density at radius 3 is 1.95 bits per heavy atom. The summed E-state index contributed by atoms with van der Waals surface area (Å²) in [7, 11) is 2.22. The van der Waals surface area contributed by atoms with Crippen LogP contribution in [0.5, 0.6) is 0 Å². The molecule has 124 valence electrons. The van der Waals surface area contributed by atoms with Gasteiger partial charge in [0.2, 0.25) is 0 Å². The number of hydrogen-bond acceptors (Lipinski definition) is 2. The molecule has 0 aromatic rings. The highest BCUT2D eigenvalue weighted by Gasteiger charge is 2.48. The summed E-state index contributed by atoms with van der Waals surface area (Å²) in [5, 5.41) is 3.80. The van der Waals surface area contributed by atoms with Gasteiger partial charge in [-0.15, -0.1) is 0 Å². The smallest absolute Gasteiger partial charge is 0.0364 e. The van der Waals surface area contributed by atoms with Gasteiger partial charge in [-0.1, -0.05) is 40.5 Å². The molecular weight excluding hydrogens is 256 g/mol. The number of likely N-dealkylation sites (N-methyl/N-ethyl adjacent to an activating group) is 2. The number of nitrogens with one attached hydrogen (secondary N) is 1. The molecule has 2 rings (SSSR count). The molecule has 2 fully saturated rings. The largest absolute Gasteiger partial charge is 0.315 e. The third-order valence-corrected chi connectivity index (χ3v) is 6.44. The summed E-state index contributed by atoms with van der Waals surface area (Å²) in [5.41, 5.74) is 0.430. The van der Waals surface area contributed by atoms with Crippen molar-refractivity contribution in [2.24, 2.45) is 17.8 Å². The summed E-state index contributed by atoms with van der Waals surface area (Å²) in [6.07, 6.45) is 9.95. The number of rotatable bonds is 6. The monoisotopic (exact) mass is 294 g/mol. The molecule has 2 nitrogen and oxygen atoms in total. The molecule has 0 aliphatic heterocycles. The first-order valence-electron chi connectivity index (χ1n) is 9.49. The Morgan fingerprint density at radius 2 is 1.52 bits per heavy atom. The fourth-order valence-corrected chi connectivity index (χ4v) is 5.89. The molecule has 0 heterocycles. The predicted octanol–water partition coefficient (Wildman–Crippen LogP) is 4.30. The average Bonchev–Trinajstić information content (AvgIpc) is 2.90. The Kier molecular flexibility index (Phi) is 6.14. The van der Waals surface area contributed by atoms with Gasteiger partial charge in [-0.05, 0) is 70.0 Å². The van der Waals surface area contributed by atoms with Gasteiger partial charge in [-0.2, -0.15) is 0 Å². The topological polar surface area (TPSA) is 15.3 Å². The SMILES string of the molecule is CCN(CC)C1(C(NC)C2CC(C)CC(C)C2)CCCC1. The minimum atomic E-state index is 0.430. The molecule has 21 heavy (non-hydrogen) atoms. The lowest BCUT2D eigenvalue weighted by molar-refractivity contribution is 0.0219. The lowest BCUT2D eigenvalue weighted by Gasteiger charge is -2.51. The van der Waals surface area contributed by atoms with Crippen LogP contribution >= 0.6 is 0 Å². The highest BCUT2D eigenvalue weighted by Crippen LogP contribution is 2.45. The quantitative estimate of drug-likeness (QED) is 0.785. The first-order chi connectivity index (χ1) is 10.1. The van der Waals surface area contributed by atoms with Gasteiger partial charge < -0.3 is 5.32 Å². The Labute approximate surface area is 133 Å². The van der Waals surface area contributed by atoms with Crippen LogP contribution in [0.1, 0.15) is 72.6 Å². The Hall–Kier alpha value is -0.0800. The third kappa shape index (κ3) is 3.47. The first kappa shape index (κ1) is 17.3. The van der Waals surface area contributed by atoms with Crippen LogP contribution in [-0.2, 0) is 0 Å². The van der Waals surface area contributed by atoms with Gasteiger partial charge in [0.1, 0.15) is 0 Å². The highest BCUT2D eigenvalue weighted by molar-refractivity contribution is 5.06. The fourth-order valence-electron chi connectivity index (χ4n) is 5.89. The zero-order valence-corrected chi connectivity index (χ0v) is 15.1. The fraction of sp³-hybridized carbons (Fsp3) is 1.00. The van der Waals surface area contributed by atoms with Gasteiger partial charge in [0, 0.05) is 11.6 Å². The van der Waals surface area contributed by atoms with Crippen LogP contribution in [0.25, 0.3) is 0 Å². The summed E-state index contributed by atoms with van der Waals surface area (Å²) < 4.78 is 0. The van der Waals surface area contributed by atoms with E-state index in [2.05, 4.69) is 45.0 Å². The van der Waals surface area contributed by atoms with Crippen LogP contribution < -0.4 is 5.32 Å². The van der Waals surface area contributed by atoms with Crippen molar-refractivity contribution in [2.45, 2.75) is 84.2 Å². The molecule has 0 bridgehead atoms. The zero-order valence-electron chi connectivity index (χ0n) is 15.1. The van der Waals surface area contributed by atoms with Crippen LogP contribution in [0.2, 0.25) is 0 Å². The number of nitrogens with zero attached hydrogens (tertiary/aromatic N) is 1. The molecule has 0 saturated heterocycles. The van der Waals surface area contributed by atoms with Crippen molar-refractivity contribution >= 4 is 0 Å². The van der Waals surface area contributed by atoms with Crippen molar-refractivity contribution in [3.05, 3.63) is 0 Å². The van der Waals surface area contributed by atoms with Crippen molar-refractivity contribution in [3.63, 3.8) is 0 Å². The molecule has 0 aromatic carbocycles. The second-order valence-electron chi connectivity index (χ2n) is 7.93. The summed E-state index contributed by atoms with van der Waals surface area (Å²) in [6.45, 7) is 12.0. The van der Waals surface area contributed by atoms with Crippen molar-refractivity contribution in [3.8, 4) is 0 Å². The molecule has 3 unspecified atom stereocenters. The van der Waals surface area contributed by atoms with Gasteiger partial charge in [0.25, 0.3) is 0 Å². The van der Waals surface area contributed by atoms with E-state index in [0.717, 1.165) is 17.8 Å². The Balaban J connectivity index is 2.23. The van der Waals surface area contributed by atoms with Crippen molar-refractivity contribution in [1.82, 2.24) is 10.2 Å². The standard InChI is InChI=1S/C19H38N2/c1-6-21(7-2)19(10-8-9-11-19)18(20-5)17-13-15(3)12-16(4)14-17/h15-18,20H,6-14H2,1-5H3. The van der Waals surface area contributed by atoms with E-state index >= 15 is 0 Å². The van der Waals surface area contributed by atoms with Gasteiger partial charge in [-0.3, -0.25) is 4.90 Å². The van der Waals surface area contributed by atoms with E-state index in [9.17, 15) is 0 Å². The zero-order chi connectivity index (χ0) is 15.5. The van der Waals surface area contributed by atoms with E-state index in [-0.39, 0.29) is 0 Å². The first-order valence-corrected chi connectivity index (χ1v) is 9.49. The molecule has 2 heteroatoms. The lowest BCUT2D eigenvalue weighted by Crippen LogP contribution is -2.62. The highest BCUT2D eigenvalue weighted by atomic mass is 15.2. The molecule has 2 aliphatic rings. The van der Waals surface area contributed by atoms with Gasteiger partial charge in [0.15, 0.2) is 0 Å². The van der Waals surface area contributed by atoms with Crippen LogP contribution in [0.3, 0.4) is 0 Å². The normalized spacial score (nSPS) is 34.3. The van der Waals surface area contributed by atoms with E-state index in [1.807, 2.05) is 0 Å². The molecule has 0 amide bonds. The van der Waals surface area contributed by atoms with Crippen LogP contribution in [0.4, 0.5) is 0 Å². The van der Waals surface area contributed by atoms with Crippen molar-refractivity contribution < 1.29 is 0 Å². The third-order valence-electron chi connectivity index (χ3n) is 6.44. The molecule has 2 aliphatic carbocycles. The van der Waals surface area contributed by atoms with E-state index in [1.165, 1.54) is 58.0 Å². The molecule has 3 atom stereocenters. The van der Waals surface area contributed by atoms with Gasteiger partial charge in [-0.25, -0.2) is 0 Å². The van der Waals surface area contributed by atoms with Crippen molar-refractivity contribution in [1.29, 1.82) is 0 Å². The lowest BCUT2D eigenvalue weighted by atomic mass is 9.68.